The van der Waals surface area contributed by atoms with Crippen molar-refractivity contribution >= 4 is 5.78 Å². The number of hydrogen-bond donors (Lipinski definition) is 0. The second-order valence-electron chi connectivity index (χ2n) is 5.70. The molecule has 0 N–H and O–H groups in total. The Kier molecular flexibility index (Phi) is 1.69. The van der Waals surface area contributed by atoms with E-state index in [1.807, 2.05) is 0 Å². The topological polar surface area (TPSA) is 63.2 Å². The van der Waals surface area contributed by atoms with Crippen LogP contribution in [0.4, 0.5) is 0 Å². The molecule has 5 saturated heterocycles. The monoisotopic (exact) mass is 254 g/mol. The Labute approximate surface area is 103 Å². The van der Waals surface area contributed by atoms with E-state index in [4.69, 9.17) is 23.7 Å². The highest BCUT2D eigenvalue weighted by molar-refractivity contribution is 5.92. The molecule has 1 aliphatic carbocycles. The second kappa shape index (κ2) is 2.96. The molecule has 1 saturated carbocycles. The third-order valence-electron chi connectivity index (χ3n) is 4.98. The van der Waals surface area contributed by atoms with Gasteiger partial charge in [0.05, 0.1) is 6.61 Å². The number of ketones is 1. The highest BCUT2D eigenvalue weighted by Crippen LogP contribution is 2.57. The van der Waals surface area contributed by atoms with Gasteiger partial charge in [-0.15, -0.1) is 0 Å². The quantitative estimate of drug-likeness (QED) is 0.593. The van der Waals surface area contributed by atoms with Gasteiger partial charge in [-0.2, -0.15) is 0 Å². The van der Waals surface area contributed by atoms with Crippen LogP contribution in [-0.4, -0.2) is 55.0 Å². The summed E-state index contributed by atoms with van der Waals surface area (Å²) in [6, 6.07) is 0. The van der Waals surface area contributed by atoms with Gasteiger partial charge in [0.15, 0.2) is 18.0 Å². The van der Waals surface area contributed by atoms with Crippen LogP contribution in [0.25, 0.3) is 0 Å². The molecule has 4 bridgehead atoms. The SMILES string of the molecule is O=C1[C@H]2O[C@@H]3O[C@@H]([C@@]4(CCO4)[C@H]1O3)[C@]21CCCO1. The van der Waals surface area contributed by atoms with Crippen molar-refractivity contribution in [2.45, 2.75) is 55.3 Å². The Balaban J connectivity index is 1.68. The van der Waals surface area contributed by atoms with Gasteiger partial charge in [-0.3, -0.25) is 4.79 Å². The molecule has 5 aliphatic heterocycles. The largest absolute Gasteiger partial charge is 0.369 e. The summed E-state index contributed by atoms with van der Waals surface area (Å²) in [5, 5.41) is 0. The fourth-order valence-corrected chi connectivity index (χ4v) is 4.18. The van der Waals surface area contributed by atoms with Gasteiger partial charge in [0.2, 0.25) is 0 Å². The number of Topliss-reactive ketones (excluding diaryl/α,β-unsaturated/α-hetero) is 1. The van der Waals surface area contributed by atoms with E-state index in [1.165, 1.54) is 0 Å². The van der Waals surface area contributed by atoms with Crippen LogP contribution in [0.5, 0.6) is 0 Å². The molecule has 6 rings (SSSR count). The second-order valence-corrected chi connectivity index (χ2v) is 5.70. The number of carbonyl (C=O) groups is 1. The molecule has 5 heterocycles. The van der Waals surface area contributed by atoms with E-state index in [9.17, 15) is 4.79 Å². The molecular formula is C12H14O6. The Bertz CT molecular complexity index is 424. The minimum absolute atomic E-state index is 0.0348. The fraction of sp³-hybridized carbons (Fsp3) is 0.917. The van der Waals surface area contributed by atoms with Crippen LogP contribution < -0.4 is 0 Å². The summed E-state index contributed by atoms with van der Waals surface area (Å²) in [5.74, 6) is -0.0348. The summed E-state index contributed by atoms with van der Waals surface area (Å²) in [6.45, 7) is 0.575. The molecule has 0 unspecified atom stereocenters. The first-order valence-electron chi connectivity index (χ1n) is 6.54. The number of ether oxygens (including phenoxy) is 5. The molecule has 6 nitrogen and oxygen atoms in total. The van der Waals surface area contributed by atoms with Crippen molar-refractivity contribution in [2.24, 2.45) is 0 Å². The molecule has 6 aliphatic rings. The van der Waals surface area contributed by atoms with Crippen LogP contribution in [-0.2, 0) is 28.5 Å². The number of carbonyl (C=O) groups excluding carboxylic acids is 1. The predicted octanol–water partition coefficient (Wildman–Crippen LogP) is -0.256. The van der Waals surface area contributed by atoms with Crippen molar-refractivity contribution in [1.82, 2.24) is 0 Å². The lowest BCUT2D eigenvalue weighted by molar-refractivity contribution is -0.493. The first-order chi connectivity index (χ1) is 8.76. The van der Waals surface area contributed by atoms with Crippen molar-refractivity contribution in [2.75, 3.05) is 13.2 Å². The molecule has 6 fully saturated rings. The Morgan fingerprint density at radius 2 is 1.61 bits per heavy atom. The van der Waals surface area contributed by atoms with Crippen molar-refractivity contribution < 1.29 is 28.5 Å². The number of rotatable bonds is 0. The van der Waals surface area contributed by atoms with E-state index in [0.717, 1.165) is 19.3 Å². The molecule has 18 heavy (non-hydrogen) atoms. The van der Waals surface area contributed by atoms with Crippen LogP contribution in [0.2, 0.25) is 0 Å². The average molecular weight is 254 g/mol. The van der Waals surface area contributed by atoms with Gasteiger partial charge in [0, 0.05) is 13.0 Å². The summed E-state index contributed by atoms with van der Waals surface area (Å²) < 4.78 is 28.6. The zero-order chi connectivity index (χ0) is 12.0. The summed E-state index contributed by atoms with van der Waals surface area (Å²) in [7, 11) is 0. The first kappa shape index (κ1) is 10.3. The summed E-state index contributed by atoms with van der Waals surface area (Å²) in [5.41, 5.74) is -1.27. The molecule has 2 spiro atoms. The molecule has 6 atom stereocenters. The summed E-state index contributed by atoms with van der Waals surface area (Å²) in [6.07, 6.45) is 1.19. The van der Waals surface area contributed by atoms with Crippen LogP contribution in [0, 0.1) is 0 Å². The molecule has 98 valence electrons. The smallest absolute Gasteiger partial charge is 0.273 e. The van der Waals surface area contributed by atoms with Crippen molar-refractivity contribution in [3.8, 4) is 0 Å². The standard InChI is InChI=1S/C12H14O6/c13-6-7-11(2-1-4-14-11)9-12(3-5-15-12)8(6)17-10(16-7)18-9/h7-10H,1-5H2/t7-,8+,9-,10+,11+,12-/m1/s1. The normalized spacial score (nSPS) is 60.8. The number of hydrogen-bond acceptors (Lipinski definition) is 6. The van der Waals surface area contributed by atoms with Crippen LogP contribution in [0.1, 0.15) is 19.3 Å². The third kappa shape index (κ3) is 0.886. The van der Waals surface area contributed by atoms with E-state index >= 15 is 0 Å². The average Bonchev–Trinajstić information content (AvgIpc) is 2.79. The highest BCUT2D eigenvalue weighted by atomic mass is 16.9. The van der Waals surface area contributed by atoms with Crippen molar-refractivity contribution in [1.29, 1.82) is 0 Å². The maximum atomic E-state index is 12.5. The van der Waals surface area contributed by atoms with E-state index in [-0.39, 0.29) is 11.9 Å². The van der Waals surface area contributed by atoms with Crippen molar-refractivity contribution in [3.63, 3.8) is 0 Å². The lowest BCUT2D eigenvalue weighted by atomic mass is 9.63. The van der Waals surface area contributed by atoms with Gasteiger partial charge in [-0.25, -0.2) is 0 Å². The van der Waals surface area contributed by atoms with Gasteiger partial charge in [0.1, 0.15) is 17.3 Å². The highest BCUT2D eigenvalue weighted by Gasteiger charge is 2.77. The van der Waals surface area contributed by atoms with Crippen LogP contribution in [0.3, 0.4) is 0 Å². The lowest BCUT2D eigenvalue weighted by Gasteiger charge is -2.66. The Hall–Kier alpha value is -0.530. The van der Waals surface area contributed by atoms with Gasteiger partial charge >= 0.3 is 0 Å². The van der Waals surface area contributed by atoms with Crippen LogP contribution >= 0.6 is 0 Å². The molecular weight excluding hydrogens is 240 g/mol. The lowest BCUT2D eigenvalue weighted by Crippen LogP contribution is -2.86. The maximum absolute atomic E-state index is 12.5. The first-order valence-corrected chi connectivity index (χ1v) is 6.54. The summed E-state index contributed by atoms with van der Waals surface area (Å²) >= 11 is 0. The fourth-order valence-electron chi connectivity index (χ4n) is 4.18. The molecule has 0 aromatic carbocycles. The van der Waals surface area contributed by atoms with E-state index < -0.39 is 29.9 Å². The molecule has 0 amide bonds. The maximum Gasteiger partial charge on any atom is 0.273 e. The molecule has 6 heteroatoms. The van der Waals surface area contributed by atoms with Gasteiger partial charge < -0.3 is 23.7 Å². The van der Waals surface area contributed by atoms with E-state index in [1.54, 1.807) is 0 Å². The van der Waals surface area contributed by atoms with Crippen molar-refractivity contribution in [3.05, 3.63) is 0 Å². The van der Waals surface area contributed by atoms with Crippen LogP contribution in [0.15, 0.2) is 0 Å². The summed E-state index contributed by atoms with van der Waals surface area (Å²) in [4.78, 5) is 12.5. The van der Waals surface area contributed by atoms with Gasteiger partial charge in [-0.05, 0) is 12.8 Å². The Morgan fingerprint density at radius 1 is 0.944 bits per heavy atom. The minimum atomic E-state index is -0.729. The minimum Gasteiger partial charge on any atom is -0.369 e. The third-order valence-corrected chi connectivity index (χ3v) is 4.98. The van der Waals surface area contributed by atoms with Gasteiger partial charge in [0.25, 0.3) is 6.48 Å². The van der Waals surface area contributed by atoms with E-state index in [2.05, 4.69) is 0 Å². The molecule has 0 aromatic rings. The van der Waals surface area contributed by atoms with Gasteiger partial charge in [-0.1, -0.05) is 0 Å². The zero-order valence-electron chi connectivity index (χ0n) is 9.79. The van der Waals surface area contributed by atoms with E-state index in [0.29, 0.717) is 13.2 Å². The zero-order valence-corrected chi connectivity index (χ0v) is 9.79. The molecule has 0 radical (unpaired) electrons. The predicted molar refractivity (Wildman–Crippen MR) is 54.6 cm³/mol. The molecule has 0 aromatic heterocycles. The Morgan fingerprint density at radius 3 is 2.17 bits per heavy atom.